The third-order valence-corrected chi connectivity index (χ3v) is 5.52. The molecule has 0 atom stereocenters. The summed E-state index contributed by atoms with van der Waals surface area (Å²) in [6, 6.07) is 15.1. The summed E-state index contributed by atoms with van der Waals surface area (Å²) < 4.78 is 5.24. The average molecular weight is 327 g/mol. The molecule has 0 radical (unpaired) electrons. The van der Waals surface area contributed by atoms with E-state index in [2.05, 4.69) is 57.7 Å². The fraction of sp³-hybridized carbons (Fsp3) is 0.333. The van der Waals surface area contributed by atoms with Gasteiger partial charge in [-0.05, 0) is 48.1 Å². The maximum atomic E-state index is 5.24. The van der Waals surface area contributed by atoms with Crippen LogP contribution in [-0.4, -0.2) is 12.9 Å². The van der Waals surface area contributed by atoms with E-state index >= 15 is 0 Å². The molecule has 122 valence electrons. The van der Waals surface area contributed by atoms with Gasteiger partial charge in [-0.15, -0.1) is 18.3 Å². The van der Waals surface area contributed by atoms with Crippen LogP contribution in [0.3, 0.4) is 0 Å². The molecular formula is C21H26OS. The maximum absolute atomic E-state index is 5.24. The van der Waals surface area contributed by atoms with Crippen molar-refractivity contribution in [3.63, 3.8) is 0 Å². The lowest BCUT2D eigenvalue weighted by atomic mass is 9.97. The van der Waals surface area contributed by atoms with Crippen LogP contribution in [0.15, 0.2) is 60.0 Å². The Morgan fingerprint density at radius 2 is 1.83 bits per heavy atom. The van der Waals surface area contributed by atoms with E-state index in [1.165, 1.54) is 21.6 Å². The van der Waals surface area contributed by atoms with Crippen LogP contribution in [-0.2, 0) is 6.42 Å². The summed E-state index contributed by atoms with van der Waals surface area (Å²) in [4.78, 5) is 1.36. The molecular weight excluding hydrogens is 300 g/mol. The predicted molar refractivity (Wildman–Crippen MR) is 102 cm³/mol. The average Bonchev–Trinajstić information content (AvgIpc) is 2.55. The molecule has 23 heavy (non-hydrogen) atoms. The first-order valence-electron chi connectivity index (χ1n) is 7.92. The van der Waals surface area contributed by atoms with Crippen LogP contribution in [0.1, 0.15) is 30.5 Å². The Kier molecular flexibility index (Phi) is 5.95. The van der Waals surface area contributed by atoms with Gasteiger partial charge < -0.3 is 4.74 Å². The summed E-state index contributed by atoms with van der Waals surface area (Å²) in [6.45, 7) is 10.5. The van der Waals surface area contributed by atoms with Crippen LogP contribution < -0.4 is 4.74 Å². The third-order valence-electron chi connectivity index (χ3n) is 3.92. The fourth-order valence-corrected chi connectivity index (χ4v) is 3.40. The Morgan fingerprint density at radius 1 is 1.13 bits per heavy atom. The van der Waals surface area contributed by atoms with Gasteiger partial charge in [0.15, 0.2) is 0 Å². The van der Waals surface area contributed by atoms with Gasteiger partial charge in [-0.1, -0.05) is 49.8 Å². The van der Waals surface area contributed by atoms with E-state index in [1.54, 1.807) is 7.11 Å². The molecule has 0 saturated carbocycles. The minimum atomic E-state index is 0.146. The van der Waals surface area contributed by atoms with Gasteiger partial charge in [-0.25, -0.2) is 0 Å². The monoisotopic (exact) mass is 326 g/mol. The number of methoxy groups -OCH3 is 1. The van der Waals surface area contributed by atoms with Crippen LogP contribution >= 0.6 is 11.8 Å². The Hall–Kier alpha value is -1.67. The molecule has 2 heteroatoms. The van der Waals surface area contributed by atoms with Crippen LogP contribution in [0.4, 0.5) is 0 Å². The first-order chi connectivity index (χ1) is 10.9. The van der Waals surface area contributed by atoms with E-state index in [4.69, 9.17) is 4.74 Å². The van der Waals surface area contributed by atoms with Crippen molar-refractivity contribution in [3.05, 3.63) is 71.8 Å². The Bertz CT molecular complexity index is 656. The van der Waals surface area contributed by atoms with E-state index in [0.717, 1.165) is 17.9 Å². The highest BCUT2D eigenvalue weighted by Gasteiger charge is 2.15. The molecule has 2 aromatic carbocycles. The molecule has 0 saturated heterocycles. The second-order valence-electron chi connectivity index (χ2n) is 6.62. The predicted octanol–water partition coefficient (Wildman–Crippen LogP) is 5.90. The molecule has 0 heterocycles. The molecule has 0 aliphatic carbocycles. The molecule has 0 N–H and O–H groups in total. The van der Waals surface area contributed by atoms with Gasteiger partial charge in [-0.3, -0.25) is 0 Å². The highest BCUT2D eigenvalue weighted by molar-refractivity contribution is 7.99. The molecule has 0 spiro atoms. The first-order valence-corrected chi connectivity index (χ1v) is 8.91. The number of hydrogen-bond acceptors (Lipinski definition) is 2. The van der Waals surface area contributed by atoms with Crippen LogP contribution in [0, 0.1) is 12.3 Å². The van der Waals surface area contributed by atoms with Crippen molar-refractivity contribution in [2.75, 3.05) is 12.9 Å². The van der Waals surface area contributed by atoms with E-state index in [-0.39, 0.29) is 5.41 Å². The molecule has 2 aromatic rings. The molecule has 1 nitrogen and oxygen atoms in total. The van der Waals surface area contributed by atoms with Crippen molar-refractivity contribution in [1.29, 1.82) is 0 Å². The lowest BCUT2D eigenvalue weighted by Gasteiger charge is -2.20. The van der Waals surface area contributed by atoms with Crippen molar-refractivity contribution in [2.24, 2.45) is 5.41 Å². The van der Waals surface area contributed by atoms with Gasteiger partial charge in [0.1, 0.15) is 5.75 Å². The zero-order valence-corrected chi connectivity index (χ0v) is 15.4. The lowest BCUT2D eigenvalue weighted by Crippen LogP contribution is -2.10. The zero-order chi connectivity index (χ0) is 16.9. The number of rotatable bonds is 7. The second kappa shape index (κ2) is 7.74. The van der Waals surface area contributed by atoms with Crippen LogP contribution in [0.2, 0.25) is 0 Å². The van der Waals surface area contributed by atoms with Crippen LogP contribution in [0.5, 0.6) is 5.75 Å². The molecule has 0 aromatic heterocycles. The van der Waals surface area contributed by atoms with Crippen molar-refractivity contribution in [1.82, 2.24) is 0 Å². The van der Waals surface area contributed by atoms with Gasteiger partial charge in [0.25, 0.3) is 0 Å². The Balaban J connectivity index is 2.19. The molecule has 0 bridgehead atoms. The molecule has 0 fully saturated rings. The van der Waals surface area contributed by atoms with Gasteiger partial charge in [0.05, 0.1) is 7.11 Å². The molecule has 0 amide bonds. The van der Waals surface area contributed by atoms with E-state index in [1.807, 2.05) is 30.0 Å². The zero-order valence-electron chi connectivity index (χ0n) is 14.6. The van der Waals surface area contributed by atoms with Crippen molar-refractivity contribution >= 4 is 11.8 Å². The van der Waals surface area contributed by atoms with E-state index < -0.39 is 0 Å². The maximum Gasteiger partial charge on any atom is 0.118 e. The standard InChI is InChI=1S/C21H26OS/c1-6-21(3,4)15-23-20-12-7-16(2)13-18(20)14-17-8-10-19(22-5)11-9-17/h6-13H,1,14-15H2,2-5H3. The lowest BCUT2D eigenvalue weighted by molar-refractivity contribution is 0.414. The Labute approximate surface area is 144 Å². The van der Waals surface area contributed by atoms with Gasteiger partial charge in [-0.2, -0.15) is 0 Å². The molecule has 0 aliphatic rings. The molecule has 0 unspecified atom stereocenters. The fourth-order valence-electron chi connectivity index (χ4n) is 2.27. The minimum absolute atomic E-state index is 0.146. The van der Waals surface area contributed by atoms with Gasteiger partial charge in [0, 0.05) is 10.6 Å². The van der Waals surface area contributed by atoms with Gasteiger partial charge in [0.2, 0.25) is 0 Å². The third kappa shape index (κ3) is 5.18. The number of benzene rings is 2. The summed E-state index contributed by atoms with van der Waals surface area (Å²) in [5.41, 5.74) is 4.15. The minimum Gasteiger partial charge on any atom is -0.497 e. The molecule has 0 aliphatic heterocycles. The summed E-state index contributed by atoms with van der Waals surface area (Å²) in [7, 11) is 1.70. The van der Waals surface area contributed by atoms with Crippen molar-refractivity contribution in [2.45, 2.75) is 32.1 Å². The summed E-state index contributed by atoms with van der Waals surface area (Å²) in [5, 5.41) is 0. The van der Waals surface area contributed by atoms with E-state index in [9.17, 15) is 0 Å². The van der Waals surface area contributed by atoms with Crippen molar-refractivity contribution < 1.29 is 4.74 Å². The second-order valence-corrected chi connectivity index (χ2v) is 7.63. The smallest absolute Gasteiger partial charge is 0.118 e. The van der Waals surface area contributed by atoms with E-state index in [0.29, 0.717) is 0 Å². The number of thioether (sulfide) groups is 1. The Morgan fingerprint density at radius 3 is 2.43 bits per heavy atom. The topological polar surface area (TPSA) is 9.23 Å². The van der Waals surface area contributed by atoms with Gasteiger partial charge >= 0.3 is 0 Å². The quantitative estimate of drug-likeness (QED) is 0.463. The number of ether oxygens (including phenoxy) is 1. The number of hydrogen-bond donors (Lipinski definition) is 0. The summed E-state index contributed by atoms with van der Waals surface area (Å²) in [6.07, 6.45) is 2.99. The normalized spacial score (nSPS) is 11.3. The largest absolute Gasteiger partial charge is 0.497 e. The number of allylic oxidation sites excluding steroid dienone is 1. The highest BCUT2D eigenvalue weighted by Crippen LogP contribution is 2.32. The summed E-state index contributed by atoms with van der Waals surface area (Å²) in [5.74, 6) is 1.94. The number of aryl methyl sites for hydroxylation is 1. The van der Waals surface area contributed by atoms with Crippen LogP contribution in [0.25, 0.3) is 0 Å². The van der Waals surface area contributed by atoms with Crippen molar-refractivity contribution in [3.8, 4) is 5.75 Å². The highest BCUT2D eigenvalue weighted by atomic mass is 32.2. The summed E-state index contributed by atoms with van der Waals surface area (Å²) >= 11 is 1.92. The SMILES string of the molecule is C=CC(C)(C)CSc1ccc(C)cc1Cc1ccc(OC)cc1. The first kappa shape index (κ1) is 17.7. The molecule has 2 rings (SSSR count).